The summed E-state index contributed by atoms with van der Waals surface area (Å²) < 4.78 is 15.1. The molecule has 358 valence electrons. The van der Waals surface area contributed by atoms with Gasteiger partial charge in [0.05, 0.1) is 16.7 Å². The van der Waals surface area contributed by atoms with Crippen molar-refractivity contribution in [2.45, 2.75) is 26.2 Å². The van der Waals surface area contributed by atoms with Crippen molar-refractivity contribution in [2.24, 2.45) is 0 Å². The Bertz CT molecular complexity index is 4670. The van der Waals surface area contributed by atoms with Crippen LogP contribution in [0, 0.1) is 0 Å². The molecule has 0 aliphatic carbocycles. The van der Waals surface area contributed by atoms with Crippen LogP contribution in [-0.2, 0) is 5.41 Å². The second-order valence-corrected chi connectivity index (χ2v) is 23.8. The molecule has 0 unspecified atom stereocenters. The van der Waals surface area contributed by atoms with Crippen molar-refractivity contribution in [3.05, 3.63) is 236 Å². The van der Waals surface area contributed by atoms with Crippen molar-refractivity contribution < 1.29 is 4.74 Å². The van der Waals surface area contributed by atoms with E-state index in [9.17, 15) is 0 Å². The first-order valence-electron chi connectivity index (χ1n) is 26.2. The highest BCUT2D eigenvalue weighted by molar-refractivity contribution is 7.26. The molecule has 14 aromatic rings. The maximum Gasteiger partial charge on any atom is 0.256 e. The smallest absolute Gasteiger partial charge is 0.256 e. The van der Waals surface area contributed by atoms with Crippen LogP contribution in [0.4, 0.5) is 17.1 Å². The third-order valence-corrected chi connectivity index (χ3v) is 18.5. The second kappa shape index (κ2) is 16.4. The number of benzene rings is 11. The van der Waals surface area contributed by atoms with E-state index < -0.39 is 0 Å². The van der Waals surface area contributed by atoms with Gasteiger partial charge in [0.25, 0.3) is 6.71 Å². The Labute approximate surface area is 449 Å². The quantitative estimate of drug-likeness (QED) is 0.160. The largest absolute Gasteiger partial charge is 0.458 e. The summed E-state index contributed by atoms with van der Waals surface area (Å²) >= 11 is 3.72. The average Bonchev–Trinajstić information content (AvgIpc) is 4.19. The lowest BCUT2D eigenvalue weighted by molar-refractivity contribution is 0.487. The first-order chi connectivity index (χ1) is 37.3. The molecule has 0 amide bonds. The van der Waals surface area contributed by atoms with Gasteiger partial charge in [-0.25, -0.2) is 0 Å². The van der Waals surface area contributed by atoms with E-state index in [1.807, 2.05) is 22.7 Å². The summed E-state index contributed by atoms with van der Waals surface area (Å²) in [6, 6.07) is 86.2. The van der Waals surface area contributed by atoms with Gasteiger partial charge in [0.2, 0.25) is 0 Å². The van der Waals surface area contributed by atoms with E-state index in [1.165, 1.54) is 95.4 Å². The van der Waals surface area contributed by atoms with E-state index in [0.717, 1.165) is 56.3 Å². The molecule has 76 heavy (non-hydrogen) atoms. The van der Waals surface area contributed by atoms with Gasteiger partial charge in [0.15, 0.2) is 0 Å². The molecule has 0 saturated carbocycles. The minimum atomic E-state index is -0.0949. The lowest BCUT2D eigenvalue weighted by Gasteiger charge is -2.40. The predicted molar refractivity (Wildman–Crippen MR) is 327 cm³/mol. The van der Waals surface area contributed by atoms with E-state index in [4.69, 9.17) is 4.74 Å². The number of anilines is 3. The zero-order valence-corrected chi connectivity index (χ0v) is 43.8. The third-order valence-electron chi connectivity index (χ3n) is 16.2. The number of rotatable bonds is 5. The van der Waals surface area contributed by atoms with E-state index in [1.54, 1.807) is 0 Å². The minimum absolute atomic E-state index is 0.0815. The Morgan fingerprint density at radius 1 is 0.368 bits per heavy atom. The molecule has 3 nitrogen and oxygen atoms in total. The van der Waals surface area contributed by atoms with Gasteiger partial charge >= 0.3 is 0 Å². The van der Waals surface area contributed by atoms with E-state index in [-0.39, 0.29) is 12.1 Å². The molecule has 16 rings (SSSR count). The van der Waals surface area contributed by atoms with Gasteiger partial charge in [0, 0.05) is 74.2 Å². The molecule has 5 heterocycles. The minimum Gasteiger partial charge on any atom is -0.458 e. The molecule has 2 aliphatic heterocycles. The third kappa shape index (κ3) is 6.67. The van der Waals surface area contributed by atoms with Crippen LogP contribution in [-0.4, -0.2) is 11.3 Å². The molecule has 0 spiro atoms. The fourth-order valence-corrected chi connectivity index (χ4v) is 14.6. The number of para-hydroxylation sites is 2. The summed E-state index contributed by atoms with van der Waals surface area (Å²) in [4.78, 5) is 2.51. The van der Waals surface area contributed by atoms with Crippen molar-refractivity contribution >= 4 is 125 Å². The van der Waals surface area contributed by atoms with Gasteiger partial charge < -0.3 is 14.2 Å². The summed E-state index contributed by atoms with van der Waals surface area (Å²) in [5.41, 5.74) is 18.8. The van der Waals surface area contributed by atoms with E-state index in [0.29, 0.717) is 0 Å². The van der Waals surface area contributed by atoms with Crippen LogP contribution in [0.25, 0.3) is 101 Å². The fraction of sp³-hybridized carbons (Fsp3) is 0.0571. The lowest BCUT2D eigenvalue weighted by Crippen LogP contribution is -2.59. The van der Waals surface area contributed by atoms with Crippen LogP contribution in [0.1, 0.15) is 26.3 Å². The molecule has 0 N–H and O–H groups in total. The Morgan fingerprint density at radius 2 is 0.855 bits per heavy atom. The standard InChI is InChI=1S/C70H47BN2OS2/c1-70(2,3)48-28-20-42(21-29-48)43-22-30-49(31-23-43)72-61-38-46(44-26-34-67-55(36-44)53-14-6-10-18-65(53)75-67)24-32-57(61)71-58-33-25-47(45-27-35-68-56(37-45)54-15-7-11-19-66(54)76-68)39-63(58)74-64-41-50(40-62(72)69(64)71)73-59-16-8-4-12-51(59)52-13-5-9-17-60(52)73/h4-41H,1-3H3. The number of thiophene rings is 2. The summed E-state index contributed by atoms with van der Waals surface area (Å²) in [6.45, 7) is 6.72. The van der Waals surface area contributed by atoms with Crippen molar-refractivity contribution in [3.63, 3.8) is 0 Å². The summed E-state index contributed by atoms with van der Waals surface area (Å²) in [6.07, 6.45) is 0. The number of fused-ring (bicyclic) bond motifs is 13. The monoisotopic (exact) mass is 1010 g/mol. The highest BCUT2D eigenvalue weighted by Gasteiger charge is 2.43. The van der Waals surface area contributed by atoms with Crippen molar-refractivity contribution in [1.82, 2.24) is 4.57 Å². The van der Waals surface area contributed by atoms with Crippen molar-refractivity contribution in [3.8, 4) is 50.6 Å². The highest BCUT2D eigenvalue weighted by Crippen LogP contribution is 2.47. The molecule has 11 aromatic carbocycles. The van der Waals surface area contributed by atoms with Gasteiger partial charge in [0.1, 0.15) is 11.5 Å². The summed E-state index contributed by atoms with van der Waals surface area (Å²) in [5, 5.41) is 7.64. The lowest BCUT2D eigenvalue weighted by atomic mass is 9.34. The Kier molecular flexibility index (Phi) is 9.44. The number of hydrogen-bond acceptors (Lipinski definition) is 4. The van der Waals surface area contributed by atoms with E-state index >= 15 is 0 Å². The molecule has 0 radical (unpaired) electrons. The summed E-state index contributed by atoms with van der Waals surface area (Å²) in [5.74, 6) is 1.75. The maximum absolute atomic E-state index is 7.43. The maximum atomic E-state index is 7.43. The predicted octanol–water partition coefficient (Wildman–Crippen LogP) is 18.2. The number of ether oxygens (including phenoxy) is 1. The Hall–Kier alpha value is -8.68. The number of hydrogen-bond donors (Lipinski definition) is 0. The van der Waals surface area contributed by atoms with Crippen molar-refractivity contribution in [2.75, 3.05) is 4.90 Å². The number of nitrogens with zero attached hydrogens (tertiary/aromatic N) is 2. The number of aromatic nitrogens is 1. The van der Waals surface area contributed by atoms with Crippen LogP contribution in [0.5, 0.6) is 11.5 Å². The highest BCUT2D eigenvalue weighted by atomic mass is 32.1. The zero-order chi connectivity index (χ0) is 50.4. The van der Waals surface area contributed by atoms with Crippen molar-refractivity contribution in [1.29, 1.82) is 0 Å². The van der Waals surface area contributed by atoms with Gasteiger partial charge in [-0.3, -0.25) is 0 Å². The van der Waals surface area contributed by atoms with Gasteiger partial charge in [-0.1, -0.05) is 166 Å². The second-order valence-electron chi connectivity index (χ2n) is 21.6. The van der Waals surface area contributed by atoms with Gasteiger partial charge in [-0.05, 0) is 140 Å². The SMILES string of the molecule is CC(C)(C)c1ccc(-c2ccc(N3c4cc(-c5ccc6sc7ccccc7c6c5)ccc4B4c5ccc(-c6ccc7sc8ccccc8c7c6)cc5Oc5cc(-n6c7ccccc7c7ccccc76)cc3c54)cc2)cc1. The molecule has 6 heteroatoms. The molecule has 0 atom stereocenters. The van der Waals surface area contributed by atoms with Crippen LogP contribution in [0.2, 0.25) is 0 Å². The molecule has 0 bridgehead atoms. The molecule has 2 aliphatic rings. The zero-order valence-electron chi connectivity index (χ0n) is 42.1. The first kappa shape index (κ1) is 43.7. The summed E-state index contributed by atoms with van der Waals surface area (Å²) in [7, 11) is 0. The molecule has 0 saturated heterocycles. The van der Waals surface area contributed by atoms with E-state index in [2.05, 4.69) is 261 Å². The Balaban J connectivity index is 0.930. The molecule has 3 aromatic heterocycles. The molecular weight excluding hydrogens is 960 g/mol. The normalized spacial score (nSPS) is 13.0. The molecule has 0 fully saturated rings. The van der Waals surface area contributed by atoms with Crippen LogP contribution in [0.3, 0.4) is 0 Å². The fourth-order valence-electron chi connectivity index (χ4n) is 12.5. The van der Waals surface area contributed by atoms with Gasteiger partial charge in [-0.2, -0.15) is 0 Å². The van der Waals surface area contributed by atoms with Crippen LogP contribution >= 0.6 is 22.7 Å². The van der Waals surface area contributed by atoms with Crippen LogP contribution in [0.15, 0.2) is 231 Å². The first-order valence-corrected chi connectivity index (χ1v) is 27.9. The van der Waals surface area contributed by atoms with Crippen LogP contribution < -0.4 is 26.0 Å². The van der Waals surface area contributed by atoms with Gasteiger partial charge in [-0.15, -0.1) is 22.7 Å². The Morgan fingerprint density at radius 3 is 1.46 bits per heavy atom. The topological polar surface area (TPSA) is 17.4 Å². The average molecular weight is 1010 g/mol. The molecular formula is C70H47BN2OS2.